The van der Waals surface area contributed by atoms with E-state index in [0.29, 0.717) is 5.56 Å². The number of hydrogen-bond acceptors (Lipinski definition) is 3. The molecule has 0 N–H and O–H groups in total. The highest BCUT2D eigenvalue weighted by molar-refractivity contribution is 7.07. The van der Waals surface area contributed by atoms with Gasteiger partial charge in [0.25, 0.3) is 0 Å². The molecule has 4 rings (SSSR count). The number of aromatic nitrogens is 1. The number of hydrogen-bond donors (Lipinski definition) is 0. The van der Waals surface area contributed by atoms with Gasteiger partial charge in [-0.15, -0.1) is 5.16 Å². The highest BCUT2D eigenvalue weighted by Crippen LogP contribution is 2.11. The van der Waals surface area contributed by atoms with Crippen LogP contribution in [-0.4, -0.2) is 19.1 Å². The van der Waals surface area contributed by atoms with E-state index in [4.69, 9.17) is 9.79 Å². The molecule has 0 saturated carbocycles. The summed E-state index contributed by atoms with van der Waals surface area (Å²) in [5.74, 6) is 0. The molecule has 3 aromatic carbocycles. The summed E-state index contributed by atoms with van der Waals surface area (Å²) in [6, 6.07) is 34.8. The Bertz CT molecular complexity index is 1080. The maximum absolute atomic E-state index is 9.14. The zero-order valence-electron chi connectivity index (χ0n) is 16.6. The summed E-state index contributed by atoms with van der Waals surface area (Å²) >= 11 is 0. The third kappa shape index (κ3) is 3.69. The van der Waals surface area contributed by atoms with E-state index < -0.39 is 8.32 Å². The predicted octanol–water partition coefficient (Wildman–Crippen LogP) is 2.91. The first-order chi connectivity index (χ1) is 14.7. The summed E-state index contributed by atoms with van der Waals surface area (Å²) in [5.41, 5.74) is 1.40. The van der Waals surface area contributed by atoms with E-state index in [2.05, 4.69) is 47.6 Å². The molecule has 0 radical (unpaired) electrons. The van der Waals surface area contributed by atoms with Gasteiger partial charge in [-0.25, -0.2) is 0 Å². The van der Waals surface area contributed by atoms with E-state index in [1.165, 1.54) is 0 Å². The Hall–Kier alpha value is -3.88. The molecule has 0 aliphatic carbocycles. The lowest BCUT2D eigenvalue weighted by Gasteiger charge is -2.30. The molecule has 0 aliphatic heterocycles. The van der Waals surface area contributed by atoms with Crippen molar-refractivity contribution in [2.75, 3.05) is 0 Å². The van der Waals surface area contributed by atoms with Gasteiger partial charge < -0.3 is 9.09 Å². The molecule has 1 heterocycles. The largest absolute Gasteiger partial charge is 0.438 e. The van der Waals surface area contributed by atoms with Gasteiger partial charge in [0.1, 0.15) is 6.07 Å². The average molecular weight is 408 g/mol. The highest BCUT2D eigenvalue weighted by atomic mass is 28.4. The first-order valence-corrected chi connectivity index (χ1v) is 11.6. The van der Waals surface area contributed by atoms with Crippen molar-refractivity contribution < 1.29 is 4.53 Å². The normalized spacial score (nSPS) is 11.3. The second kappa shape index (κ2) is 8.64. The van der Waals surface area contributed by atoms with Crippen molar-refractivity contribution in [2.45, 2.75) is 0 Å². The molecule has 0 aliphatic rings. The fraction of sp³-hybridized carbons (Fsp3) is 0.0400. The zero-order chi connectivity index (χ0) is 20.8. The number of oxime groups is 1. The number of nitriles is 1. The molecule has 0 unspecified atom stereocenters. The maximum atomic E-state index is 9.14. The van der Waals surface area contributed by atoms with E-state index in [1.807, 2.05) is 66.2 Å². The second-order valence-corrected chi connectivity index (χ2v) is 10.3. The van der Waals surface area contributed by atoms with Crippen molar-refractivity contribution in [2.24, 2.45) is 12.2 Å². The minimum Gasteiger partial charge on any atom is -0.438 e. The van der Waals surface area contributed by atoms with Crippen molar-refractivity contribution in [3.05, 3.63) is 115 Å². The van der Waals surface area contributed by atoms with Gasteiger partial charge in [0.2, 0.25) is 0 Å². The Labute approximate surface area is 177 Å². The molecule has 0 bridgehead atoms. The first kappa shape index (κ1) is 19.4. The Morgan fingerprint density at radius 3 is 1.70 bits per heavy atom. The van der Waals surface area contributed by atoms with Gasteiger partial charge in [0, 0.05) is 13.2 Å². The molecule has 0 spiro atoms. The molecule has 0 saturated heterocycles. The van der Waals surface area contributed by atoms with E-state index in [1.54, 1.807) is 18.5 Å². The number of nitrogens with zero attached hydrogens (tertiary/aromatic N) is 3. The fourth-order valence-electron chi connectivity index (χ4n) is 3.61. The van der Waals surface area contributed by atoms with Crippen molar-refractivity contribution in [3.8, 4) is 6.07 Å². The van der Waals surface area contributed by atoms with Gasteiger partial charge in [-0.3, -0.25) is 0 Å². The number of benzene rings is 3. The van der Waals surface area contributed by atoms with Crippen LogP contribution in [0.4, 0.5) is 0 Å². The first-order valence-electron chi connectivity index (χ1n) is 9.68. The lowest BCUT2D eigenvalue weighted by molar-refractivity contribution is 0.351. The van der Waals surface area contributed by atoms with Gasteiger partial charge in [-0.1, -0.05) is 91.0 Å². The smallest absolute Gasteiger partial charge is 0.380 e. The fourth-order valence-corrected chi connectivity index (χ4v) is 7.12. The summed E-state index contributed by atoms with van der Waals surface area (Å²) < 4.78 is 8.37. The molecule has 5 heteroatoms. The van der Waals surface area contributed by atoms with Crippen LogP contribution in [-0.2, 0) is 11.6 Å². The number of rotatable bonds is 6. The second-order valence-electron chi connectivity index (χ2n) is 6.98. The van der Waals surface area contributed by atoms with Crippen molar-refractivity contribution in [3.63, 3.8) is 0 Å². The Morgan fingerprint density at radius 1 is 0.833 bits per heavy atom. The van der Waals surface area contributed by atoms with Gasteiger partial charge >= 0.3 is 8.32 Å². The summed E-state index contributed by atoms with van der Waals surface area (Å²) in [7, 11) is -0.981. The van der Waals surface area contributed by atoms with Crippen LogP contribution in [0.2, 0.25) is 0 Å². The van der Waals surface area contributed by atoms with Gasteiger partial charge in [-0.05, 0) is 21.6 Å². The minimum atomic E-state index is -2.87. The molecular formula is C25H21N3OSi. The molecule has 4 aromatic rings. The predicted molar refractivity (Wildman–Crippen MR) is 123 cm³/mol. The maximum Gasteiger partial charge on any atom is 0.380 e. The Balaban J connectivity index is 1.85. The Morgan fingerprint density at radius 2 is 1.30 bits per heavy atom. The van der Waals surface area contributed by atoms with Crippen LogP contribution in [0.3, 0.4) is 0 Å². The van der Waals surface area contributed by atoms with Crippen LogP contribution < -0.4 is 15.6 Å². The van der Waals surface area contributed by atoms with Crippen molar-refractivity contribution >= 4 is 30.1 Å². The highest BCUT2D eigenvalue weighted by Gasteiger charge is 2.44. The van der Waals surface area contributed by atoms with E-state index in [-0.39, 0.29) is 0 Å². The summed E-state index contributed by atoms with van der Waals surface area (Å²) in [6.07, 6.45) is 3.45. The van der Waals surface area contributed by atoms with Gasteiger partial charge in [0.15, 0.2) is 0 Å². The van der Waals surface area contributed by atoms with Gasteiger partial charge in [-0.2, -0.15) is 5.26 Å². The van der Waals surface area contributed by atoms with Crippen molar-refractivity contribution in [1.29, 1.82) is 5.26 Å². The quantitative estimate of drug-likeness (QED) is 0.214. The van der Waals surface area contributed by atoms with Gasteiger partial charge in [0.05, 0.1) is 17.5 Å². The van der Waals surface area contributed by atoms with E-state index in [0.717, 1.165) is 21.3 Å². The molecule has 1 aromatic heterocycles. The molecule has 0 fully saturated rings. The Kier molecular flexibility index (Phi) is 5.60. The molecule has 0 amide bonds. The number of aryl methyl sites for hydroxylation is 1. The zero-order valence-corrected chi connectivity index (χ0v) is 17.6. The van der Waals surface area contributed by atoms with Crippen LogP contribution in [0.5, 0.6) is 0 Å². The third-order valence-electron chi connectivity index (χ3n) is 5.09. The summed E-state index contributed by atoms with van der Waals surface area (Å²) in [4.78, 5) is 0. The van der Waals surface area contributed by atoms with Crippen molar-refractivity contribution in [1.82, 2.24) is 4.57 Å². The molecule has 0 atom stereocenters. The molecule has 146 valence electrons. The van der Waals surface area contributed by atoms with Crippen LogP contribution in [0, 0.1) is 11.3 Å². The monoisotopic (exact) mass is 407 g/mol. The average Bonchev–Trinajstić information content (AvgIpc) is 3.18. The SMILES string of the molecule is Cn1cc(C#N)cc1C=NO[Si](c1ccccc1)(c1ccccc1)c1ccccc1. The molecule has 4 nitrogen and oxygen atoms in total. The summed E-state index contributed by atoms with van der Waals surface area (Å²) in [6.45, 7) is 0. The molecular weight excluding hydrogens is 386 g/mol. The minimum absolute atomic E-state index is 0.594. The van der Waals surface area contributed by atoms with Crippen LogP contribution in [0.25, 0.3) is 0 Å². The standard InChI is InChI=1S/C25H21N3OSi/c1-28-20-21(18-26)17-22(28)19-27-29-30(23-11-5-2-6-12-23,24-13-7-3-8-14-24)25-15-9-4-10-16-25/h2-17,19-20H,1H3. The lowest BCUT2D eigenvalue weighted by Crippen LogP contribution is -2.68. The summed E-state index contributed by atoms with van der Waals surface area (Å²) in [5, 5.41) is 16.9. The van der Waals surface area contributed by atoms with Crippen LogP contribution in [0.15, 0.2) is 108 Å². The van der Waals surface area contributed by atoms with Crippen LogP contribution >= 0.6 is 0 Å². The van der Waals surface area contributed by atoms with E-state index in [9.17, 15) is 0 Å². The lowest BCUT2D eigenvalue weighted by atomic mass is 10.3. The third-order valence-corrected chi connectivity index (χ3v) is 8.91. The topological polar surface area (TPSA) is 50.3 Å². The van der Waals surface area contributed by atoms with Crippen LogP contribution in [0.1, 0.15) is 11.3 Å². The van der Waals surface area contributed by atoms with E-state index >= 15 is 0 Å². The molecule has 30 heavy (non-hydrogen) atoms.